The Balaban J connectivity index is 1.75. The van der Waals surface area contributed by atoms with Gasteiger partial charge in [-0.2, -0.15) is 18.3 Å². The first kappa shape index (κ1) is 18.9. The highest BCUT2D eigenvalue weighted by atomic mass is 127. The van der Waals surface area contributed by atoms with E-state index < -0.39 is 11.7 Å². The Morgan fingerprint density at radius 1 is 1.18 bits per heavy atom. The van der Waals surface area contributed by atoms with Crippen LogP contribution in [0.1, 0.15) is 29.0 Å². The number of amides is 1. The number of carbonyl (C=O) groups excluding carboxylic acids is 1. The van der Waals surface area contributed by atoms with Crippen molar-refractivity contribution in [2.75, 3.05) is 11.4 Å². The number of fused-ring (bicyclic) bond motifs is 1. The van der Waals surface area contributed by atoms with Crippen LogP contribution in [0.15, 0.2) is 48.8 Å². The summed E-state index contributed by atoms with van der Waals surface area (Å²) in [5.74, 6) is -0.294. The third-order valence-electron chi connectivity index (χ3n) is 4.65. The van der Waals surface area contributed by atoms with Crippen LogP contribution >= 0.6 is 22.6 Å². The molecule has 5 nitrogen and oxygen atoms in total. The van der Waals surface area contributed by atoms with Crippen LogP contribution in [0.5, 0.6) is 0 Å². The molecule has 1 aromatic carbocycles. The lowest BCUT2D eigenvalue weighted by Crippen LogP contribution is -2.42. The molecule has 0 fully saturated rings. The van der Waals surface area contributed by atoms with Crippen molar-refractivity contribution < 1.29 is 18.0 Å². The molecule has 0 unspecified atom stereocenters. The van der Waals surface area contributed by atoms with Gasteiger partial charge in [0.2, 0.25) is 0 Å². The molecule has 144 valence electrons. The summed E-state index contributed by atoms with van der Waals surface area (Å²) < 4.78 is 40.9. The van der Waals surface area contributed by atoms with E-state index in [1.807, 2.05) is 13.0 Å². The summed E-state index contributed by atoms with van der Waals surface area (Å²) in [7, 11) is 0. The van der Waals surface area contributed by atoms with E-state index >= 15 is 0 Å². The number of nitrogens with zero attached hydrogens (tertiary/aromatic N) is 4. The van der Waals surface area contributed by atoms with Gasteiger partial charge in [-0.3, -0.25) is 14.5 Å². The molecule has 1 atom stereocenters. The third kappa shape index (κ3) is 3.27. The summed E-state index contributed by atoms with van der Waals surface area (Å²) in [6.45, 7) is 2.24. The van der Waals surface area contributed by atoms with E-state index in [2.05, 4.69) is 32.7 Å². The van der Waals surface area contributed by atoms with Gasteiger partial charge in [0.05, 0.1) is 17.8 Å². The fourth-order valence-electron chi connectivity index (χ4n) is 3.30. The molecule has 0 spiro atoms. The molecule has 0 bridgehead atoms. The number of benzene rings is 1. The first-order valence-corrected chi connectivity index (χ1v) is 9.52. The zero-order chi connectivity index (χ0) is 20.1. The average Bonchev–Trinajstić information content (AvgIpc) is 3.10. The highest BCUT2D eigenvalue weighted by molar-refractivity contribution is 14.1. The first-order chi connectivity index (χ1) is 13.3. The van der Waals surface area contributed by atoms with Crippen molar-refractivity contribution in [1.82, 2.24) is 14.8 Å². The number of hydrogen-bond acceptors (Lipinski definition) is 3. The zero-order valence-electron chi connectivity index (χ0n) is 14.6. The second-order valence-corrected chi connectivity index (χ2v) is 7.63. The zero-order valence-corrected chi connectivity index (χ0v) is 16.8. The van der Waals surface area contributed by atoms with Crippen molar-refractivity contribution in [1.29, 1.82) is 0 Å². The van der Waals surface area contributed by atoms with Crippen molar-refractivity contribution in [3.8, 4) is 11.1 Å². The minimum Gasteiger partial charge on any atom is -0.305 e. The Bertz CT molecular complexity index is 1050. The normalized spacial score (nSPS) is 17.0. The SMILES string of the molecule is C[C@H]1CN(c2ccc(C(F)(F)F)cc2)C(=O)c2c(-c3ccnc(I)c3)cnn21. The standard InChI is InChI=1S/C19H14F3IN4O/c1-11-10-26(14-4-2-13(3-5-14)19(20,21)22)18(28)17-15(9-25-27(11)17)12-6-7-24-16(23)8-12/h2-9,11H,10H2,1H3/t11-/m0/s1. The Hall–Kier alpha value is -2.43. The quantitative estimate of drug-likeness (QED) is 0.377. The highest BCUT2D eigenvalue weighted by Gasteiger charge is 2.35. The second kappa shape index (κ2) is 6.87. The van der Waals surface area contributed by atoms with Crippen LogP contribution in [0.2, 0.25) is 0 Å². The molecule has 1 amide bonds. The van der Waals surface area contributed by atoms with Crippen LogP contribution in [0.4, 0.5) is 18.9 Å². The summed E-state index contributed by atoms with van der Waals surface area (Å²) in [6.07, 6.45) is -1.11. The lowest BCUT2D eigenvalue weighted by atomic mass is 10.0. The summed E-state index contributed by atoms with van der Waals surface area (Å²) >= 11 is 2.09. The molecule has 9 heteroatoms. The number of pyridine rings is 1. The fourth-order valence-corrected chi connectivity index (χ4v) is 3.79. The van der Waals surface area contributed by atoms with Gasteiger partial charge >= 0.3 is 6.18 Å². The molecule has 28 heavy (non-hydrogen) atoms. The van der Waals surface area contributed by atoms with Crippen molar-refractivity contribution in [2.45, 2.75) is 19.1 Å². The van der Waals surface area contributed by atoms with E-state index in [0.29, 0.717) is 23.5 Å². The van der Waals surface area contributed by atoms with Crippen LogP contribution in [-0.4, -0.2) is 27.2 Å². The lowest BCUT2D eigenvalue weighted by Gasteiger charge is -2.32. The Morgan fingerprint density at radius 3 is 2.54 bits per heavy atom. The van der Waals surface area contributed by atoms with Gasteiger partial charge < -0.3 is 4.90 Å². The minimum atomic E-state index is -4.41. The monoisotopic (exact) mass is 498 g/mol. The maximum Gasteiger partial charge on any atom is 0.416 e. The van der Waals surface area contributed by atoms with Crippen molar-refractivity contribution >= 4 is 34.2 Å². The maximum absolute atomic E-state index is 13.2. The molecule has 0 saturated carbocycles. The predicted octanol–water partition coefficient (Wildman–Crippen LogP) is 4.79. The summed E-state index contributed by atoms with van der Waals surface area (Å²) in [5, 5.41) is 4.37. The van der Waals surface area contributed by atoms with Gasteiger partial charge in [0.15, 0.2) is 0 Å². The largest absolute Gasteiger partial charge is 0.416 e. The topological polar surface area (TPSA) is 51.0 Å². The molecule has 1 aliphatic heterocycles. The van der Waals surface area contributed by atoms with E-state index in [1.165, 1.54) is 17.0 Å². The molecule has 3 heterocycles. The molecule has 0 saturated heterocycles. The van der Waals surface area contributed by atoms with Crippen LogP contribution in [0.3, 0.4) is 0 Å². The number of hydrogen-bond donors (Lipinski definition) is 0. The number of carbonyl (C=O) groups is 1. The Morgan fingerprint density at radius 2 is 1.89 bits per heavy atom. The molecule has 4 rings (SSSR count). The molecule has 0 radical (unpaired) electrons. The van der Waals surface area contributed by atoms with Crippen LogP contribution in [0.25, 0.3) is 11.1 Å². The van der Waals surface area contributed by atoms with E-state index in [4.69, 9.17) is 0 Å². The van der Waals surface area contributed by atoms with Gasteiger partial charge in [0, 0.05) is 24.0 Å². The molecular formula is C19H14F3IN4O. The fraction of sp³-hybridized carbons (Fsp3) is 0.211. The van der Waals surface area contributed by atoms with Gasteiger partial charge in [-0.15, -0.1) is 0 Å². The average molecular weight is 498 g/mol. The number of rotatable bonds is 2. The number of aromatic nitrogens is 3. The first-order valence-electron chi connectivity index (χ1n) is 8.44. The van der Waals surface area contributed by atoms with Gasteiger partial charge in [0.1, 0.15) is 9.39 Å². The van der Waals surface area contributed by atoms with E-state index in [-0.39, 0.29) is 11.9 Å². The van der Waals surface area contributed by atoms with Gasteiger partial charge in [-0.1, -0.05) is 0 Å². The van der Waals surface area contributed by atoms with Crippen molar-refractivity contribution in [2.24, 2.45) is 0 Å². The van der Waals surface area contributed by atoms with Crippen LogP contribution in [-0.2, 0) is 6.18 Å². The number of halogens is 4. The Labute approximate surface area is 172 Å². The van der Waals surface area contributed by atoms with Gasteiger partial charge in [0.25, 0.3) is 5.91 Å². The van der Waals surface area contributed by atoms with E-state index in [0.717, 1.165) is 21.4 Å². The third-order valence-corrected chi connectivity index (χ3v) is 5.24. The predicted molar refractivity (Wildman–Crippen MR) is 106 cm³/mol. The molecular weight excluding hydrogens is 484 g/mol. The summed E-state index contributed by atoms with van der Waals surface area (Å²) in [4.78, 5) is 18.9. The molecule has 1 aliphatic rings. The van der Waals surface area contributed by atoms with Crippen LogP contribution < -0.4 is 4.90 Å². The van der Waals surface area contributed by atoms with Gasteiger partial charge in [-0.25, -0.2) is 0 Å². The van der Waals surface area contributed by atoms with E-state index in [1.54, 1.807) is 23.1 Å². The Kier molecular flexibility index (Phi) is 4.64. The number of anilines is 1. The van der Waals surface area contributed by atoms with Crippen molar-refractivity contribution in [3.63, 3.8) is 0 Å². The molecule has 3 aromatic rings. The van der Waals surface area contributed by atoms with Gasteiger partial charge in [-0.05, 0) is 71.5 Å². The smallest absolute Gasteiger partial charge is 0.305 e. The molecule has 0 N–H and O–H groups in total. The molecule has 0 aliphatic carbocycles. The lowest BCUT2D eigenvalue weighted by molar-refractivity contribution is -0.137. The number of alkyl halides is 3. The van der Waals surface area contributed by atoms with Crippen molar-refractivity contribution in [3.05, 3.63) is 63.7 Å². The second-order valence-electron chi connectivity index (χ2n) is 6.53. The van der Waals surface area contributed by atoms with E-state index in [9.17, 15) is 18.0 Å². The maximum atomic E-state index is 13.2. The molecule has 2 aromatic heterocycles. The summed E-state index contributed by atoms with van der Waals surface area (Å²) in [6, 6.07) is 8.17. The highest BCUT2D eigenvalue weighted by Crippen LogP contribution is 2.34. The van der Waals surface area contributed by atoms with Crippen LogP contribution in [0, 0.1) is 3.70 Å². The summed E-state index contributed by atoms with van der Waals surface area (Å²) in [5.41, 5.74) is 1.59. The minimum absolute atomic E-state index is 0.121.